The van der Waals surface area contributed by atoms with Crippen molar-refractivity contribution in [3.63, 3.8) is 0 Å². The minimum Gasteiger partial charge on any atom is -0.488 e. The number of aromatic amines is 1. The third-order valence-corrected chi connectivity index (χ3v) is 4.18. The molecule has 4 rings (SSSR count). The van der Waals surface area contributed by atoms with Crippen molar-refractivity contribution in [3.8, 4) is 5.75 Å². The summed E-state index contributed by atoms with van der Waals surface area (Å²) in [6.45, 7) is 1.06. The summed E-state index contributed by atoms with van der Waals surface area (Å²) in [5, 5.41) is 0. The van der Waals surface area contributed by atoms with Gasteiger partial charge in [-0.15, -0.1) is 0 Å². The van der Waals surface area contributed by atoms with Gasteiger partial charge in [-0.05, 0) is 25.0 Å². The predicted molar refractivity (Wildman–Crippen MR) is 83.9 cm³/mol. The number of halogens is 2. The Bertz CT molecular complexity index is 869. The number of rotatable bonds is 4. The first-order valence-electron chi connectivity index (χ1n) is 7.71. The number of imidazole rings is 1. The van der Waals surface area contributed by atoms with E-state index in [0.717, 1.165) is 48.9 Å². The van der Waals surface area contributed by atoms with E-state index in [4.69, 9.17) is 4.74 Å². The maximum Gasteiger partial charge on any atom is 0.182 e. The van der Waals surface area contributed by atoms with E-state index in [2.05, 4.69) is 24.8 Å². The Morgan fingerprint density at radius 2 is 2.17 bits per heavy atom. The van der Waals surface area contributed by atoms with Gasteiger partial charge in [0, 0.05) is 12.6 Å². The van der Waals surface area contributed by atoms with Gasteiger partial charge in [-0.3, -0.25) is 0 Å². The van der Waals surface area contributed by atoms with Crippen molar-refractivity contribution in [2.45, 2.75) is 18.9 Å². The Morgan fingerprint density at radius 3 is 3.08 bits per heavy atom. The highest BCUT2D eigenvalue weighted by Gasteiger charge is 2.28. The van der Waals surface area contributed by atoms with Crippen LogP contribution in [0.15, 0.2) is 30.9 Å². The number of fused-ring (bicyclic) bond motifs is 1. The van der Waals surface area contributed by atoms with E-state index < -0.39 is 11.6 Å². The highest BCUT2D eigenvalue weighted by atomic mass is 19.1. The molecule has 1 aliphatic heterocycles. The maximum absolute atomic E-state index is 13.7. The molecular formula is C16H15F2N5O. The first-order chi connectivity index (χ1) is 11.7. The molecule has 6 nitrogen and oxygen atoms in total. The fraction of sp³-hybridized carbons (Fsp3) is 0.312. The Labute approximate surface area is 136 Å². The number of hydrogen-bond donors (Lipinski definition) is 1. The van der Waals surface area contributed by atoms with Crippen LogP contribution in [0.25, 0.3) is 11.2 Å². The second-order valence-electron chi connectivity index (χ2n) is 5.67. The molecule has 2 aromatic heterocycles. The summed E-state index contributed by atoms with van der Waals surface area (Å²) in [6.07, 6.45) is 4.91. The number of ether oxygens (including phenoxy) is 1. The Hall–Kier alpha value is -2.77. The average Bonchev–Trinajstić information content (AvgIpc) is 3.24. The van der Waals surface area contributed by atoms with Crippen LogP contribution in [0, 0.1) is 11.6 Å². The van der Waals surface area contributed by atoms with E-state index in [0.29, 0.717) is 5.65 Å². The lowest BCUT2D eigenvalue weighted by atomic mass is 10.2. The molecule has 1 fully saturated rings. The van der Waals surface area contributed by atoms with Crippen molar-refractivity contribution in [2.24, 2.45) is 0 Å². The molecule has 0 spiro atoms. The monoisotopic (exact) mass is 331 g/mol. The lowest BCUT2D eigenvalue weighted by Gasteiger charge is -2.25. The van der Waals surface area contributed by atoms with Crippen LogP contribution in [0.2, 0.25) is 0 Å². The van der Waals surface area contributed by atoms with Crippen molar-refractivity contribution in [1.29, 1.82) is 0 Å². The van der Waals surface area contributed by atoms with Gasteiger partial charge < -0.3 is 14.6 Å². The summed E-state index contributed by atoms with van der Waals surface area (Å²) in [5.74, 6) is -0.414. The molecule has 1 unspecified atom stereocenters. The molecular weight excluding hydrogens is 316 g/mol. The van der Waals surface area contributed by atoms with E-state index in [1.54, 1.807) is 6.33 Å². The molecule has 8 heteroatoms. The van der Waals surface area contributed by atoms with Crippen LogP contribution >= 0.6 is 0 Å². The number of hydrogen-bond acceptors (Lipinski definition) is 5. The molecule has 3 aromatic rings. The number of anilines is 1. The van der Waals surface area contributed by atoms with Gasteiger partial charge in [-0.25, -0.2) is 23.7 Å². The van der Waals surface area contributed by atoms with Crippen LogP contribution in [0.3, 0.4) is 0 Å². The van der Waals surface area contributed by atoms with E-state index >= 15 is 0 Å². The number of aromatic nitrogens is 4. The Balaban J connectivity index is 1.55. The number of nitrogens with zero attached hydrogens (tertiary/aromatic N) is 4. The first kappa shape index (κ1) is 14.8. The Morgan fingerprint density at radius 1 is 1.25 bits per heavy atom. The molecule has 1 atom stereocenters. The lowest BCUT2D eigenvalue weighted by Crippen LogP contribution is -2.35. The van der Waals surface area contributed by atoms with Crippen LogP contribution < -0.4 is 9.64 Å². The molecule has 0 amide bonds. The first-order valence-corrected chi connectivity index (χ1v) is 7.71. The predicted octanol–water partition coefficient (Wildman–Crippen LogP) is 2.68. The van der Waals surface area contributed by atoms with Crippen molar-refractivity contribution in [3.05, 3.63) is 42.5 Å². The average molecular weight is 331 g/mol. The van der Waals surface area contributed by atoms with Gasteiger partial charge in [0.15, 0.2) is 23.0 Å². The summed E-state index contributed by atoms with van der Waals surface area (Å²) in [4.78, 5) is 17.7. The van der Waals surface area contributed by atoms with Gasteiger partial charge in [0.1, 0.15) is 24.3 Å². The standard InChI is InChI=1S/C16H15F2N5O/c17-10-3-4-12(18)13(6-10)24-7-11-2-1-5-23(11)16-14-15(20-8-19-14)21-9-22-16/h3-4,6,8-9,11H,1-2,5,7H2,(H,19,20,21,22). The number of nitrogens with one attached hydrogen (secondary N) is 1. The zero-order valence-electron chi connectivity index (χ0n) is 12.7. The molecule has 0 radical (unpaired) electrons. The molecule has 124 valence electrons. The van der Waals surface area contributed by atoms with E-state index in [1.165, 1.54) is 6.33 Å². The zero-order chi connectivity index (χ0) is 16.5. The fourth-order valence-corrected chi connectivity index (χ4v) is 3.03. The molecule has 1 N–H and O–H groups in total. The van der Waals surface area contributed by atoms with E-state index in [1.807, 2.05) is 0 Å². The normalized spacial score (nSPS) is 17.6. The van der Waals surface area contributed by atoms with Crippen LogP contribution in [0.5, 0.6) is 5.75 Å². The zero-order valence-corrected chi connectivity index (χ0v) is 12.7. The quantitative estimate of drug-likeness (QED) is 0.796. The SMILES string of the molecule is Fc1ccc(F)c(OCC2CCCN2c2ncnc3nc[nH]c23)c1. The summed E-state index contributed by atoms with van der Waals surface area (Å²) >= 11 is 0. The molecule has 1 aliphatic rings. The summed E-state index contributed by atoms with van der Waals surface area (Å²) in [6, 6.07) is 3.22. The number of H-pyrrole nitrogens is 1. The lowest BCUT2D eigenvalue weighted by molar-refractivity contribution is 0.274. The highest BCUT2D eigenvalue weighted by Crippen LogP contribution is 2.28. The van der Waals surface area contributed by atoms with E-state index in [-0.39, 0.29) is 18.4 Å². The van der Waals surface area contributed by atoms with Gasteiger partial charge in [-0.2, -0.15) is 0 Å². The minimum absolute atomic E-state index is 0.0223. The van der Waals surface area contributed by atoms with Gasteiger partial charge in [0.25, 0.3) is 0 Å². The van der Waals surface area contributed by atoms with Crippen LogP contribution in [-0.2, 0) is 0 Å². The van der Waals surface area contributed by atoms with Crippen molar-refractivity contribution in [1.82, 2.24) is 19.9 Å². The third-order valence-electron chi connectivity index (χ3n) is 4.18. The molecule has 3 heterocycles. The minimum atomic E-state index is -0.570. The summed E-state index contributed by atoms with van der Waals surface area (Å²) in [7, 11) is 0. The van der Waals surface area contributed by atoms with Crippen molar-refractivity contribution in [2.75, 3.05) is 18.1 Å². The highest BCUT2D eigenvalue weighted by molar-refractivity contribution is 5.82. The molecule has 1 saturated heterocycles. The molecule has 0 saturated carbocycles. The van der Waals surface area contributed by atoms with Crippen LogP contribution in [0.1, 0.15) is 12.8 Å². The molecule has 0 aliphatic carbocycles. The summed E-state index contributed by atoms with van der Waals surface area (Å²) < 4.78 is 32.5. The second-order valence-corrected chi connectivity index (χ2v) is 5.67. The topological polar surface area (TPSA) is 66.9 Å². The van der Waals surface area contributed by atoms with Gasteiger partial charge in [0.2, 0.25) is 0 Å². The van der Waals surface area contributed by atoms with Gasteiger partial charge in [0.05, 0.1) is 12.4 Å². The third kappa shape index (κ3) is 2.64. The second kappa shape index (κ2) is 6.03. The maximum atomic E-state index is 13.7. The fourth-order valence-electron chi connectivity index (χ4n) is 3.03. The van der Waals surface area contributed by atoms with Gasteiger partial charge in [-0.1, -0.05) is 0 Å². The summed E-state index contributed by atoms with van der Waals surface area (Å²) in [5.41, 5.74) is 1.36. The smallest absolute Gasteiger partial charge is 0.182 e. The number of benzene rings is 1. The van der Waals surface area contributed by atoms with Crippen molar-refractivity contribution >= 4 is 17.0 Å². The molecule has 0 bridgehead atoms. The van der Waals surface area contributed by atoms with Gasteiger partial charge >= 0.3 is 0 Å². The largest absolute Gasteiger partial charge is 0.488 e. The molecule has 1 aromatic carbocycles. The van der Waals surface area contributed by atoms with E-state index in [9.17, 15) is 8.78 Å². The van der Waals surface area contributed by atoms with Crippen LogP contribution in [-0.4, -0.2) is 39.1 Å². The molecule has 24 heavy (non-hydrogen) atoms. The Kier molecular flexibility index (Phi) is 3.72. The van der Waals surface area contributed by atoms with Crippen LogP contribution in [0.4, 0.5) is 14.6 Å². The van der Waals surface area contributed by atoms with Crippen molar-refractivity contribution < 1.29 is 13.5 Å².